The molecular weight excluding hydrogens is 312 g/mol. The Hall–Kier alpha value is -3.07. The summed E-state index contributed by atoms with van der Waals surface area (Å²) in [5.74, 6) is 1.31. The number of para-hydroxylation sites is 1. The maximum Gasteiger partial charge on any atom is 0.306 e. The molecule has 0 saturated heterocycles. The second-order valence-corrected chi connectivity index (χ2v) is 5.71. The predicted molar refractivity (Wildman–Crippen MR) is 97.5 cm³/mol. The van der Waals surface area contributed by atoms with E-state index in [9.17, 15) is 4.79 Å². The molecule has 0 spiro atoms. The minimum absolute atomic E-state index is 0.196. The molecule has 3 heteroatoms. The first kappa shape index (κ1) is 16.8. The molecule has 3 aromatic carbocycles. The SMILES string of the molecule is O=C(CCc1ccccc1)OCc1cccc(Oc2ccccc2)c1. The van der Waals surface area contributed by atoms with E-state index in [1.807, 2.05) is 84.9 Å². The fourth-order valence-corrected chi connectivity index (χ4v) is 2.45. The van der Waals surface area contributed by atoms with Gasteiger partial charge in [0, 0.05) is 6.42 Å². The van der Waals surface area contributed by atoms with Gasteiger partial charge in [-0.05, 0) is 41.8 Å². The molecule has 0 amide bonds. The Morgan fingerprint density at radius 3 is 2.12 bits per heavy atom. The zero-order valence-electron chi connectivity index (χ0n) is 13.9. The molecule has 0 aliphatic carbocycles. The Morgan fingerprint density at radius 2 is 1.36 bits per heavy atom. The molecule has 3 rings (SSSR count). The minimum atomic E-state index is -0.196. The molecule has 0 saturated carbocycles. The van der Waals surface area contributed by atoms with Crippen molar-refractivity contribution in [3.63, 3.8) is 0 Å². The van der Waals surface area contributed by atoms with Gasteiger partial charge in [-0.3, -0.25) is 4.79 Å². The summed E-state index contributed by atoms with van der Waals surface area (Å²) in [6.07, 6.45) is 1.07. The number of hydrogen-bond donors (Lipinski definition) is 0. The van der Waals surface area contributed by atoms with Crippen molar-refractivity contribution in [2.24, 2.45) is 0 Å². The van der Waals surface area contributed by atoms with Gasteiger partial charge < -0.3 is 9.47 Å². The van der Waals surface area contributed by atoms with Crippen LogP contribution >= 0.6 is 0 Å². The molecule has 0 fully saturated rings. The van der Waals surface area contributed by atoms with Crippen molar-refractivity contribution in [3.8, 4) is 11.5 Å². The second-order valence-electron chi connectivity index (χ2n) is 5.71. The maximum atomic E-state index is 11.9. The van der Waals surface area contributed by atoms with Crippen LogP contribution in [0.25, 0.3) is 0 Å². The number of aryl methyl sites for hydroxylation is 1. The van der Waals surface area contributed by atoms with Crippen molar-refractivity contribution in [3.05, 3.63) is 96.1 Å². The first-order valence-electron chi connectivity index (χ1n) is 8.31. The highest BCUT2D eigenvalue weighted by Crippen LogP contribution is 2.22. The second kappa shape index (κ2) is 8.69. The minimum Gasteiger partial charge on any atom is -0.461 e. The zero-order valence-corrected chi connectivity index (χ0v) is 13.9. The van der Waals surface area contributed by atoms with E-state index in [1.54, 1.807) is 0 Å². The van der Waals surface area contributed by atoms with Crippen LogP contribution in [-0.4, -0.2) is 5.97 Å². The van der Waals surface area contributed by atoms with Gasteiger partial charge in [0.25, 0.3) is 0 Å². The van der Waals surface area contributed by atoms with Crippen LogP contribution in [0, 0.1) is 0 Å². The summed E-state index contributed by atoms with van der Waals surface area (Å²) in [5, 5.41) is 0. The smallest absolute Gasteiger partial charge is 0.306 e. The molecule has 0 N–H and O–H groups in total. The van der Waals surface area contributed by atoms with Crippen LogP contribution in [0.4, 0.5) is 0 Å². The fourth-order valence-electron chi connectivity index (χ4n) is 2.45. The Labute approximate surface area is 147 Å². The van der Waals surface area contributed by atoms with Crippen LogP contribution in [0.15, 0.2) is 84.9 Å². The number of benzene rings is 3. The quantitative estimate of drug-likeness (QED) is 0.561. The molecule has 126 valence electrons. The highest BCUT2D eigenvalue weighted by atomic mass is 16.5. The van der Waals surface area contributed by atoms with Crippen LogP contribution in [0.5, 0.6) is 11.5 Å². The largest absolute Gasteiger partial charge is 0.461 e. The molecule has 0 aromatic heterocycles. The first-order valence-corrected chi connectivity index (χ1v) is 8.31. The van der Waals surface area contributed by atoms with Gasteiger partial charge in [0.1, 0.15) is 18.1 Å². The van der Waals surface area contributed by atoms with Gasteiger partial charge in [-0.25, -0.2) is 0 Å². The highest BCUT2D eigenvalue weighted by molar-refractivity contribution is 5.69. The molecule has 3 aromatic rings. The van der Waals surface area contributed by atoms with E-state index in [0.29, 0.717) is 12.8 Å². The van der Waals surface area contributed by atoms with Crippen LogP contribution in [0.1, 0.15) is 17.5 Å². The molecule has 0 unspecified atom stereocenters. The normalized spacial score (nSPS) is 10.2. The van der Waals surface area contributed by atoms with Gasteiger partial charge in [-0.1, -0.05) is 60.7 Å². The van der Waals surface area contributed by atoms with Crippen LogP contribution in [0.2, 0.25) is 0 Å². The Kier molecular flexibility index (Phi) is 5.83. The predicted octanol–water partition coefficient (Wildman–Crippen LogP) is 5.15. The molecule has 3 nitrogen and oxygen atoms in total. The third-order valence-electron chi connectivity index (χ3n) is 3.74. The molecule has 0 heterocycles. The summed E-state index contributed by atoms with van der Waals surface area (Å²) in [5.41, 5.74) is 2.04. The van der Waals surface area contributed by atoms with E-state index in [1.165, 1.54) is 0 Å². The van der Waals surface area contributed by atoms with Crippen molar-refractivity contribution in [1.82, 2.24) is 0 Å². The Balaban J connectivity index is 1.49. The summed E-state index contributed by atoms with van der Waals surface area (Å²) in [6.45, 7) is 0.250. The van der Waals surface area contributed by atoms with Gasteiger partial charge >= 0.3 is 5.97 Å². The third kappa shape index (κ3) is 5.50. The highest BCUT2D eigenvalue weighted by Gasteiger charge is 2.05. The van der Waals surface area contributed by atoms with E-state index < -0.39 is 0 Å². The molecule has 0 radical (unpaired) electrons. The van der Waals surface area contributed by atoms with Gasteiger partial charge in [-0.15, -0.1) is 0 Å². The lowest BCUT2D eigenvalue weighted by molar-refractivity contribution is -0.144. The van der Waals surface area contributed by atoms with Gasteiger partial charge in [0.15, 0.2) is 0 Å². The number of esters is 1. The van der Waals surface area contributed by atoms with Crippen molar-refractivity contribution in [2.75, 3.05) is 0 Å². The Morgan fingerprint density at radius 1 is 0.720 bits per heavy atom. The maximum absolute atomic E-state index is 11.9. The lowest BCUT2D eigenvalue weighted by Gasteiger charge is -2.08. The van der Waals surface area contributed by atoms with Crippen molar-refractivity contribution in [1.29, 1.82) is 0 Å². The third-order valence-corrected chi connectivity index (χ3v) is 3.74. The molecule has 0 aliphatic heterocycles. The monoisotopic (exact) mass is 332 g/mol. The van der Waals surface area contributed by atoms with Crippen LogP contribution < -0.4 is 4.74 Å². The van der Waals surface area contributed by atoms with E-state index in [2.05, 4.69) is 0 Å². The van der Waals surface area contributed by atoms with Gasteiger partial charge in [0.2, 0.25) is 0 Å². The summed E-state index contributed by atoms with van der Waals surface area (Å²) < 4.78 is 11.2. The van der Waals surface area contributed by atoms with Crippen LogP contribution in [-0.2, 0) is 22.6 Å². The standard InChI is InChI=1S/C22H20O3/c23-22(15-14-18-8-3-1-4-9-18)24-17-19-10-7-13-21(16-19)25-20-11-5-2-6-12-20/h1-13,16H,14-15,17H2. The van der Waals surface area contributed by atoms with Crippen molar-refractivity contribution >= 4 is 5.97 Å². The fraction of sp³-hybridized carbons (Fsp3) is 0.136. The Bertz CT molecular complexity index is 798. The summed E-state index contributed by atoms with van der Waals surface area (Å²) in [7, 11) is 0. The average molecular weight is 332 g/mol. The van der Waals surface area contributed by atoms with E-state index in [0.717, 1.165) is 22.6 Å². The topological polar surface area (TPSA) is 35.5 Å². The first-order chi connectivity index (χ1) is 12.3. The number of ether oxygens (including phenoxy) is 2. The van der Waals surface area contributed by atoms with Gasteiger partial charge in [-0.2, -0.15) is 0 Å². The lowest BCUT2D eigenvalue weighted by Crippen LogP contribution is -2.06. The molecule has 0 aliphatic rings. The number of hydrogen-bond acceptors (Lipinski definition) is 3. The molecule has 0 bridgehead atoms. The number of carbonyl (C=O) groups excluding carboxylic acids is 1. The average Bonchev–Trinajstić information content (AvgIpc) is 2.67. The van der Waals surface area contributed by atoms with E-state index in [-0.39, 0.29) is 12.6 Å². The van der Waals surface area contributed by atoms with E-state index in [4.69, 9.17) is 9.47 Å². The van der Waals surface area contributed by atoms with Crippen LogP contribution in [0.3, 0.4) is 0 Å². The summed E-state index contributed by atoms with van der Waals surface area (Å²) in [4.78, 5) is 11.9. The zero-order chi connectivity index (χ0) is 17.3. The van der Waals surface area contributed by atoms with Crippen molar-refractivity contribution in [2.45, 2.75) is 19.4 Å². The van der Waals surface area contributed by atoms with Crippen molar-refractivity contribution < 1.29 is 14.3 Å². The van der Waals surface area contributed by atoms with E-state index >= 15 is 0 Å². The number of carbonyl (C=O) groups is 1. The molecular formula is C22H20O3. The molecule has 0 atom stereocenters. The summed E-state index contributed by atoms with van der Waals surface area (Å²) in [6, 6.07) is 27.1. The molecule has 25 heavy (non-hydrogen) atoms. The summed E-state index contributed by atoms with van der Waals surface area (Å²) >= 11 is 0. The lowest BCUT2D eigenvalue weighted by atomic mass is 10.1. The van der Waals surface area contributed by atoms with Gasteiger partial charge in [0.05, 0.1) is 0 Å². The number of rotatable bonds is 7.